The minimum atomic E-state index is -4.71. The van der Waals surface area contributed by atoms with Gasteiger partial charge in [0.2, 0.25) is 0 Å². The fourth-order valence-corrected chi connectivity index (χ4v) is 5.57. The molecule has 2 heterocycles. The fraction of sp³-hybridized carbons (Fsp3) is 0.222. The van der Waals surface area contributed by atoms with E-state index in [2.05, 4.69) is 20.5 Å². The van der Waals surface area contributed by atoms with Gasteiger partial charge >= 0.3 is 6.18 Å². The molecule has 40 heavy (non-hydrogen) atoms. The number of alkyl halides is 3. The van der Waals surface area contributed by atoms with Crippen LogP contribution in [-0.2, 0) is 22.6 Å². The second kappa shape index (κ2) is 10.8. The van der Waals surface area contributed by atoms with Crippen LogP contribution in [0.2, 0.25) is 0 Å². The molecule has 2 N–H and O–H groups in total. The van der Waals surface area contributed by atoms with Crippen LogP contribution >= 0.6 is 0 Å². The molecule has 3 aromatic carbocycles. The highest BCUT2D eigenvalue weighted by Crippen LogP contribution is 2.33. The standard InChI is InChI=1S/C27H23F4N5O3S/c28-22-14-20(13-21(15-22)27(29,30)31)25-33-24(34-35-25)18-4-6-23(7-5-18)32-26(37)19-3-1-2-17(12-19)16-36-8-10-40(38,39)11-9-36/h1-7,12-15H,8-11,16H2,(H,32,37)(H,33,34,35). The lowest BCUT2D eigenvalue weighted by atomic mass is 10.1. The van der Waals surface area contributed by atoms with E-state index in [1.54, 1.807) is 42.5 Å². The van der Waals surface area contributed by atoms with E-state index in [0.717, 1.165) is 17.7 Å². The Bertz CT molecular complexity index is 1640. The summed E-state index contributed by atoms with van der Waals surface area (Å²) in [5.74, 6) is -0.967. The van der Waals surface area contributed by atoms with Gasteiger partial charge < -0.3 is 5.32 Å². The highest BCUT2D eigenvalue weighted by atomic mass is 32.2. The first-order valence-electron chi connectivity index (χ1n) is 12.2. The van der Waals surface area contributed by atoms with Crippen molar-refractivity contribution in [2.24, 2.45) is 0 Å². The maximum Gasteiger partial charge on any atom is 0.416 e. The van der Waals surface area contributed by atoms with Crippen LogP contribution in [0.3, 0.4) is 0 Å². The van der Waals surface area contributed by atoms with Crippen molar-refractivity contribution < 1.29 is 30.8 Å². The van der Waals surface area contributed by atoms with Gasteiger partial charge in [0.1, 0.15) is 5.82 Å². The lowest BCUT2D eigenvalue weighted by Crippen LogP contribution is -2.39. The van der Waals surface area contributed by atoms with E-state index in [9.17, 15) is 30.8 Å². The van der Waals surface area contributed by atoms with Crippen molar-refractivity contribution in [3.63, 3.8) is 0 Å². The zero-order chi connectivity index (χ0) is 28.5. The number of amides is 1. The second-order valence-electron chi connectivity index (χ2n) is 9.39. The van der Waals surface area contributed by atoms with Crippen LogP contribution in [0.4, 0.5) is 23.2 Å². The van der Waals surface area contributed by atoms with E-state index in [1.807, 2.05) is 11.0 Å². The van der Waals surface area contributed by atoms with Crippen LogP contribution in [0.5, 0.6) is 0 Å². The average molecular weight is 574 g/mol. The predicted octanol–water partition coefficient (Wildman–Crippen LogP) is 4.78. The highest BCUT2D eigenvalue weighted by molar-refractivity contribution is 7.91. The van der Waals surface area contributed by atoms with Gasteiger partial charge in [-0.05, 0) is 60.2 Å². The topological polar surface area (TPSA) is 108 Å². The molecule has 0 radical (unpaired) electrons. The summed E-state index contributed by atoms with van der Waals surface area (Å²) < 4.78 is 76.2. The van der Waals surface area contributed by atoms with Gasteiger partial charge in [-0.2, -0.15) is 18.3 Å². The molecular weight excluding hydrogens is 550 g/mol. The fourth-order valence-electron chi connectivity index (χ4n) is 4.29. The van der Waals surface area contributed by atoms with Crippen LogP contribution < -0.4 is 5.32 Å². The molecule has 1 aromatic heterocycles. The van der Waals surface area contributed by atoms with Crippen LogP contribution in [-0.4, -0.2) is 59.0 Å². The number of aromatic amines is 1. The minimum absolute atomic E-state index is 0.0940. The van der Waals surface area contributed by atoms with Crippen molar-refractivity contribution in [1.29, 1.82) is 0 Å². The van der Waals surface area contributed by atoms with Gasteiger partial charge in [-0.25, -0.2) is 17.8 Å². The first-order valence-corrected chi connectivity index (χ1v) is 14.0. The molecule has 0 unspecified atom stereocenters. The Kier molecular flexibility index (Phi) is 7.43. The summed E-state index contributed by atoms with van der Waals surface area (Å²) >= 11 is 0. The maximum atomic E-state index is 13.8. The molecule has 1 fully saturated rings. The molecular formula is C27H23F4N5O3S. The van der Waals surface area contributed by atoms with E-state index in [-0.39, 0.29) is 34.6 Å². The molecule has 8 nitrogen and oxygen atoms in total. The quantitative estimate of drug-likeness (QED) is 0.322. The normalized spacial score (nSPS) is 15.6. The molecule has 1 amide bonds. The van der Waals surface area contributed by atoms with Crippen LogP contribution in [0, 0.1) is 5.82 Å². The zero-order valence-electron chi connectivity index (χ0n) is 20.9. The number of benzene rings is 3. The summed E-state index contributed by atoms with van der Waals surface area (Å²) in [4.78, 5) is 19.1. The van der Waals surface area contributed by atoms with E-state index in [0.29, 0.717) is 42.5 Å². The Morgan fingerprint density at radius 2 is 1.70 bits per heavy atom. The number of nitrogens with one attached hydrogen (secondary N) is 2. The number of nitrogens with zero attached hydrogens (tertiary/aromatic N) is 3. The molecule has 1 aliphatic heterocycles. The van der Waals surface area contributed by atoms with Crippen molar-refractivity contribution in [3.8, 4) is 22.8 Å². The molecule has 0 bridgehead atoms. The molecule has 0 atom stereocenters. The number of aromatic nitrogens is 3. The summed E-state index contributed by atoms with van der Waals surface area (Å²) in [7, 11) is -2.97. The lowest BCUT2D eigenvalue weighted by Gasteiger charge is -2.26. The zero-order valence-corrected chi connectivity index (χ0v) is 21.7. The van der Waals surface area contributed by atoms with Crippen LogP contribution in [0.25, 0.3) is 22.8 Å². The number of carbonyl (C=O) groups excluding carboxylic acids is 1. The first kappa shape index (κ1) is 27.5. The molecule has 5 rings (SSSR count). The molecule has 13 heteroatoms. The summed E-state index contributed by atoms with van der Waals surface area (Å²) in [6.45, 7) is 1.45. The molecule has 1 saturated heterocycles. The molecule has 0 saturated carbocycles. The third kappa shape index (κ3) is 6.54. The predicted molar refractivity (Wildman–Crippen MR) is 141 cm³/mol. The number of rotatable bonds is 6. The van der Waals surface area contributed by atoms with Gasteiger partial charge in [0.25, 0.3) is 5.91 Å². The minimum Gasteiger partial charge on any atom is -0.322 e. The SMILES string of the molecule is O=C(Nc1ccc(-c2nc(-c3cc(F)cc(C(F)(F)F)c3)n[nH]2)cc1)c1cccc(CN2CCS(=O)(=O)CC2)c1. The van der Waals surface area contributed by atoms with Gasteiger partial charge in [-0.3, -0.25) is 14.8 Å². The van der Waals surface area contributed by atoms with Gasteiger partial charge in [-0.15, -0.1) is 0 Å². The maximum absolute atomic E-state index is 13.8. The first-order chi connectivity index (χ1) is 18.9. The summed E-state index contributed by atoms with van der Waals surface area (Å²) in [5, 5.41) is 9.37. The number of carbonyl (C=O) groups is 1. The van der Waals surface area contributed by atoms with Crippen molar-refractivity contribution in [1.82, 2.24) is 20.1 Å². The van der Waals surface area contributed by atoms with E-state index in [1.165, 1.54) is 0 Å². The monoisotopic (exact) mass is 573 g/mol. The molecule has 1 aliphatic rings. The highest BCUT2D eigenvalue weighted by Gasteiger charge is 2.32. The number of H-pyrrole nitrogens is 1. The van der Waals surface area contributed by atoms with E-state index < -0.39 is 27.4 Å². The van der Waals surface area contributed by atoms with E-state index >= 15 is 0 Å². The third-order valence-electron chi connectivity index (χ3n) is 6.42. The number of hydrogen-bond donors (Lipinski definition) is 2. The van der Waals surface area contributed by atoms with Crippen LogP contribution in [0.15, 0.2) is 66.7 Å². The van der Waals surface area contributed by atoms with Crippen molar-refractivity contribution in [2.75, 3.05) is 29.9 Å². The summed E-state index contributed by atoms with van der Waals surface area (Å²) in [6, 6.07) is 15.8. The van der Waals surface area contributed by atoms with Crippen molar-refractivity contribution in [2.45, 2.75) is 12.7 Å². The summed E-state index contributed by atoms with van der Waals surface area (Å²) in [5.41, 5.74) is 1.13. The van der Waals surface area contributed by atoms with Gasteiger partial charge in [0.05, 0.1) is 17.1 Å². The number of halogens is 4. The Morgan fingerprint density at radius 3 is 2.40 bits per heavy atom. The van der Waals surface area contributed by atoms with E-state index in [4.69, 9.17) is 0 Å². The lowest BCUT2D eigenvalue weighted by molar-refractivity contribution is -0.137. The van der Waals surface area contributed by atoms with Crippen molar-refractivity contribution >= 4 is 21.4 Å². The largest absolute Gasteiger partial charge is 0.416 e. The number of anilines is 1. The second-order valence-corrected chi connectivity index (χ2v) is 11.7. The van der Waals surface area contributed by atoms with Crippen molar-refractivity contribution in [3.05, 3.63) is 89.2 Å². The van der Waals surface area contributed by atoms with Gasteiger partial charge in [-0.1, -0.05) is 12.1 Å². The summed E-state index contributed by atoms with van der Waals surface area (Å²) in [6.07, 6.45) is -4.71. The molecule has 0 spiro atoms. The molecule has 0 aliphatic carbocycles. The average Bonchev–Trinajstić information content (AvgIpc) is 3.40. The Morgan fingerprint density at radius 1 is 0.975 bits per heavy atom. The third-order valence-corrected chi connectivity index (χ3v) is 8.03. The number of sulfone groups is 1. The number of hydrogen-bond acceptors (Lipinski definition) is 6. The van der Waals surface area contributed by atoms with Gasteiger partial charge in [0.15, 0.2) is 21.5 Å². The Balaban J connectivity index is 1.24. The van der Waals surface area contributed by atoms with Gasteiger partial charge in [0, 0.05) is 42.0 Å². The van der Waals surface area contributed by atoms with Crippen LogP contribution in [0.1, 0.15) is 21.5 Å². The molecule has 4 aromatic rings. The smallest absolute Gasteiger partial charge is 0.322 e. The molecule has 208 valence electrons. The Hall–Kier alpha value is -4.10. The Labute approximate surface area is 227 Å².